The smallest absolute Gasteiger partial charge is 0.337 e. The van der Waals surface area contributed by atoms with E-state index in [1.807, 2.05) is 37.6 Å². The molecule has 4 heteroatoms. The van der Waals surface area contributed by atoms with E-state index in [4.69, 9.17) is 4.74 Å². The summed E-state index contributed by atoms with van der Waals surface area (Å²) >= 11 is 0. The second kappa shape index (κ2) is 4.82. The predicted molar refractivity (Wildman–Crippen MR) is 69.8 cm³/mol. The summed E-state index contributed by atoms with van der Waals surface area (Å²) in [6.07, 6.45) is 0.155. The molecular formula is C14H17NO3. The summed E-state index contributed by atoms with van der Waals surface area (Å²) in [5.41, 5.74) is 2.05. The van der Waals surface area contributed by atoms with Gasteiger partial charge in [-0.3, -0.25) is 0 Å². The monoisotopic (exact) mass is 247 g/mol. The van der Waals surface area contributed by atoms with E-state index in [1.165, 1.54) is 0 Å². The van der Waals surface area contributed by atoms with E-state index >= 15 is 0 Å². The summed E-state index contributed by atoms with van der Waals surface area (Å²) < 4.78 is 7.46. The van der Waals surface area contributed by atoms with Gasteiger partial charge in [0, 0.05) is 18.1 Å². The third-order valence-electron chi connectivity index (χ3n) is 2.95. The van der Waals surface area contributed by atoms with E-state index in [2.05, 4.69) is 0 Å². The van der Waals surface area contributed by atoms with E-state index in [0.29, 0.717) is 12.2 Å². The van der Waals surface area contributed by atoms with Crippen LogP contribution in [0.5, 0.6) is 0 Å². The Kier molecular flexibility index (Phi) is 3.39. The fourth-order valence-electron chi connectivity index (χ4n) is 2.04. The Morgan fingerprint density at radius 1 is 1.44 bits per heavy atom. The summed E-state index contributed by atoms with van der Waals surface area (Å²) in [5, 5.41) is 10.1. The van der Waals surface area contributed by atoms with Crippen molar-refractivity contribution in [3.63, 3.8) is 0 Å². The first-order valence-corrected chi connectivity index (χ1v) is 5.93. The van der Waals surface area contributed by atoms with E-state index in [-0.39, 0.29) is 6.10 Å². The number of benzene rings is 1. The van der Waals surface area contributed by atoms with Crippen LogP contribution in [0.15, 0.2) is 24.3 Å². The summed E-state index contributed by atoms with van der Waals surface area (Å²) in [6.45, 7) is 4.44. The Bertz CT molecular complexity index is 584. The van der Waals surface area contributed by atoms with Crippen LogP contribution in [0.1, 0.15) is 29.9 Å². The van der Waals surface area contributed by atoms with Gasteiger partial charge in [-0.25, -0.2) is 4.79 Å². The fourth-order valence-corrected chi connectivity index (χ4v) is 2.04. The molecule has 0 bridgehead atoms. The average molecular weight is 247 g/mol. The van der Waals surface area contributed by atoms with Crippen LogP contribution in [-0.4, -0.2) is 21.7 Å². The van der Waals surface area contributed by atoms with Gasteiger partial charge < -0.3 is 14.4 Å². The Hall–Kier alpha value is -1.81. The normalized spacial score (nSPS) is 11.3. The lowest BCUT2D eigenvalue weighted by Gasteiger charge is -2.09. The van der Waals surface area contributed by atoms with Crippen LogP contribution in [0.25, 0.3) is 10.9 Å². The van der Waals surface area contributed by atoms with E-state index in [1.54, 1.807) is 12.1 Å². The number of hydrogen-bond acceptors (Lipinski definition) is 2. The molecule has 0 amide bonds. The highest BCUT2D eigenvalue weighted by atomic mass is 16.5. The number of aryl methyl sites for hydroxylation is 1. The van der Waals surface area contributed by atoms with Crippen molar-refractivity contribution >= 4 is 16.9 Å². The van der Waals surface area contributed by atoms with Crippen LogP contribution < -0.4 is 0 Å². The van der Waals surface area contributed by atoms with Crippen molar-refractivity contribution in [1.29, 1.82) is 0 Å². The van der Waals surface area contributed by atoms with Crippen molar-refractivity contribution in [3.05, 3.63) is 35.5 Å². The Labute approximate surface area is 106 Å². The molecule has 96 valence electrons. The van der Waals surface area contributed by atoms with Gasteiger partial charge in [0.15, 0.2) is 0 Å². The average Bonchev–Trinajstić information content (AvgIpc) is 2.63. The van der Waals surface area contributed by atoms with Crippen LogP contribution >= 0.6 is 0 Å². The molecule has 2 rings (SSSR count). The molecule has 0 unspecified atom stereocenters. The minimum atomic E-state index is -0.905. The van der Waals surface area contributed by atoms with Crippen LogP contribution in [-0.2, 0) is 18.4 Å². The van der Waals surface area contributed by atoms with Gasteiger partial charge in [0.2, 0.25) is 0 Å². The number of para-hydroxylation sites is 1. The molecule has 1 heterocycles. The molecule has 4 nitrogen and oxygen atoms in total. The maximum absolute atomic E-state index is 11.2. The quantitative estimate of drug-likeness (QED) is 0.903. The SMILES string of the molecule is CC(C)OCc1cc2cccc(C(=O)O)c2n1C. The summed E-state index contributed by atoms with van der Waals surface area (Å²) in [6, 6.07) is 7.28. The third-order valence-corrected chi connectivity index (χ3v) is 2.95. The van der Waals surface area contributed by atoms with Gasteiger partial charge in [0.05, 0.1) is 23.8 Å². The van der Waals surface area contributed by atoms with Crippen molar-refractivity contribution in [3.8, 4) is 0 Å². The third kappa shape index (κ3) is 2.24. The number of aromatic nitrogens is 1. The number of aromatic carboxylic acids is 1. The number of carboxylic acids is 1. The molecule has 0 fully saturated rings. The van der Waals surface area contributed by atoms with Crippen LogP contribution in [0, 0.1) is 0 Å². The van der Waals surface area contributed by atoms with Crippen LogP contribution in [0.2, 0.25) is 0 Å². The van der Waals surface area contributed by atoms with Gasteiger partial charge in [-0.2, -0.15) is 0 Å². The zero-order valence-corrected chi connectivity index (χ0v) is 10.8. The molecule has 0 radical (unpaired) electrons. The minimum Gasteiger partial charge on any atom is -0.478 e. The van der Waals surface area contributed by atoms with Gasteiger partial charge >= 0.3 is 5.97 Å². The second-order valence-corrected chi connectivity index (χ2v) is 4.60. The molecule has 0 spiro atoms. The van der Waals surface area contributed by atoms with Crippen molar-refractivity contribution in [2.75, 3.05) is 0 Å². The maximum Gasteiger partial charge on any atom is 0.337 e. The molecule has 0 atom stereocenters. The lowest BCUT2D eigenvalue weighted by atomic mass is 10.1. The largest absolute Gasteiger partial charge is 0.478 e. The standard InChI is InChI=1S/C14H17NO3/c1-9(2)18-8-11-7-10-5-4-6-12(14(16)17)13(10)15(11)3/h4-7,9H,8H2,1-3H3,(H,16,17). The molecule has 1 aromatic heterocycles. The van der Waals surface area contributed by atoms with Gasteiger partial charge in [-0.05, 0) is 26.0 Å². The number of rotatable bonds is 4. The van der Waals surface area contributed by atoms with E-state index in [9.17, 15) is 9.90 Å². The lowest BCUT2D eigenvalue weighted by molar-refractivity contribution is 0.0622. The lowest BCUT2D eigenvalue weighted by Crippen LogP contribution is -2.06. The van der Waals surface area contributed by atoms with Crippen molar-refractivity contribution < 1.29 is 14.6 Å². The number of nitrogens with zero attached hydrogens (tertiary/aromatic N) is 1. The number of hydrogen-bond donors (Lipinski definition) is 1. The van der Waals surface area contributed by atoms with Gasteiger partial charge in [0.1, 0.15) is 0 Å². The Morgan fingerprint density at radius 3 is 2.78 bits per heavy atom. The van der Waals surface area contributed by atoms with Gasteiger partial charge in [-0.15, -0.1) is 0 Å². The molecule has 18 heavy (non-hydrogen) atoms. The molecule has 0 saturated carbocycles. The van der Waals surface area contributed by atoms with Crippen LogP contribution in [0.4, 0.5) is 0 Å². The first-order chi connectivity index (χ1) is 8.50. The number of ether oxygens (including phenoxy) is 1. The Balaban J connectivity index is 2.49. The first-order valence-electron chi connectivity index (χ1n) is 5.93. The summed E-state index contributed by atoms with van der Waals surface area (Å²) in [7, 11) is 1.87. The molecule has 0 aliphatic heterocycles. The highest BCUT2D eigenvalue weighted by Gasteiger charge is 2.14. The van der Waals surface area contributed by atoms with Crippen LogP contribution in [0.3, 0.4) is 0 Å². The highest BCUT2D eigenvalue weighted by molar-refractivity contribution is 6.02. The zero-order chi connectivity index (χ0) is 13.3. The molecule has 2 aromatic rings. The molecule has 0 aliphatic carbocycles. The molecule has 1 N–H and O–H groups in total. The van der Waals surface area contributed by atoms with Crippen molar-refractivity contribution in [2.45, 2.75) is 26.6 Å². The number of carboxylic acid groups (broad SMARTS) is 1. The second-order valence-electron chi connectivity index (χ2n) is 4.60. The molecule has 0 saturated heterocycles. The fraction of sp³-hybridized carbons (Fsp3) is 0.357. The minimum absolute atomic E-state index is 0.155. The predicted octanol–water partition coefficient (Wildman–Crippen LogP) is 2.80. The topological polar surface area (TPSA) is 51.5 Å². The summed E-state index contributed by atoms with van der Waals surface area (Å²) in [5.74, 6) is -0.905. The molecule has 0 aliphatic rings. The highest BCUT2D eigenvalue weighted by Crippen LogP contribution is 2.23. The van der Waals surface area contributed by atoms with Crippen molar-refractivity contribution in [2.24, 2.45) is 7.05 Å². The number of fused-ring (bicyclic) bond motifs is 1. The zero-order valence-electron chi connectivity index (χ0n) is 10.8. The van der Waals surface area contributed by atoms with Gasteiger partial charge in [0.25, 0.3) is 0 Å². The van der Waals surface area contributed by atoms with Crippen molar-refractivity contribution in [1.82, 2.24) is 4.57 Å². The maximum atomic E-state index is 11.2. The van der Waals surface area contributed by atoms with E-state index < -0.39 is 5.97 Å². The number of carbonyl (C=O) groups is 1. The molecular weight excluding hydrogens is 230 g/mol. The Morgan fingerprint density at radius 2 is 2.17 bits per heavy atom. The summed E-state index contributed by atoms with van der Waals surface area (Å²) in [4.78, 5) is 11.2. The molecule has 1 aromatic carbocycles. The van der Waals surface area contributed by atoms with E-state index in [0.717, 1.165) is 16.6 Å². The van der Waals surface area contributed by atoms with Gasteiger partial charge in [-0.1, -0.05) is 12.1 Å². The first kappa shape index (κ1) is 12.6.